The largest absolute Gasteiger partial charge is 0.383 e. The van der Waals surface area contributed by atoms with Crippen LogP contribution < -0.4 is 11.1 Å². The van der Waals surface area contributed by atoms with Gasteiger partial charge in [0.05, 0.1) is 0 Å². The second-order valence-corrected chi connectivity index (χ2v) is 4.93. The van der Waals surface area contributed by atoms with Crippen LogP contribution >= 0.6 is 0 Å². The van der Waals surface area contributed by atoms with E-state index in [1.807, 2.05) is 6.92 Å². The second kappa shape index (κ2) is 6.03. The zero-order chi connectivity index (χ0) is 15.6. The van der Waals surface area contributed by atoms with E-state index < -0.39 is 11.6 Å². The van der Waals surface area contributed by atoms with Crippen LogP contribution in [0.25, 0.3) is 0 Å². The Morgan fingerprint density at radius 2 is 1.90 bits per heavy atom. The van der Waals surface area contributed by atoms with Crippen LogP contribution in [0.1, 0.15) is 30.3 Å². The van der Waals surface area contributed by atoms with Gasteiger partial charge in [0.2, 0.25) is 0 Å². The molecule has 2 rings (SSSR count). The van der Waals surface area contributed by atoms with Gasteiger partial charge in [0.15, 0.2) is 5.82 Å². The van der Waals surface area contributed by atoms with Crippen molar-refractivity contribution in [2.24, 2.45) is 0 Å². The number of hydrogen-bond donors (Lipinski definition) is 2. The molecule has 0 aliphatic heterocycles. The molecule has 112 valence electrons. The predicted molar refractivity (Wildman–Crippen MR) is 79.6 cm³/mol. The molecule has 6 heteroatoms. The Labute approximate surface area is 122 Å². The summed E-state index contributed by atoms with van der Waals surface area (Å²) in [7, 11) is 0. The highest BCUT2D eigenvalue weighted by Crippen LogP contribution is 2.27. The van der Waals surface area contributed by atoms with Crippen molar-refractivity contribution < 1.29 is 8.78 Å². The molecule has 0 amide bonds. The molecule has 0 fully saturated rings. The van der Waals surface area contributed by atoms with Gasteiger partial charge < -0.3 is 11.1 Å². The molecule has 1 aromatic heterocycles. The third-order valence-electron chi connectivity index (χ3n) is 3.23. The molecule has 3 N–H and O–H groups in total. The lowest BCUT2D eigenvalue weighted by Crippen LogP contribution is -2.09. The van der Waals surface area contributed by atoms with Gasteiger partial charge in [0, 0.05) is 12.0 Å². The van der Waals surface area contributed by atoms with Gasteiger partial charge >= 0.3 is 0 Å². The van der Waals surface area contributed by atoms with Crippen molar-refractivity contribution in [3.05, 3.63) is 40.7 Å². The third-order valence-corrected chi connectivity index (χ3v) is 3.23. The Morgan fingerprint density at radius 1 is 1.19 bits per heavy atom. The third kappa shape index (κ3) is 3.09. The summed E-state index contributed by atoms with van der Waals surface area (Å²) in [6, 6.07) is 2.60. The number of anilines is 3. The number of nitrogens with one attached hydrogen (secondary N) is 1. The average Bonchev–Trinajstić information content (AvgIpc) is 2.44. The Morgan fingerprint density at radius 3 is 2.57 bits per heavy atom. The molecule has 21 heavy (non-hydrogen) atoms. The van der Waals surface area contributed by atoms with E-state index in [1.165, 1.54) is 12.1 Å². The summed E-state index contributed by atoms with van der Waals surface area (Å²) in [6.07, 6.45) is 1.51. The summed E-state index contributed by atoms with van der Waals surface area (Å²) in [6.45, 7) is 5.27. The fraction of sp³-hybridized carbons (Fsp3) is 0.333. The van der Waals surface area contributed by atoms with E-state index in [9.17, 15) is 8.78 Å². The molecule has 0 aliphatic rings. The fourth-order valence-corrected chi connectivity index (χ4v) is 1.93. The first-order valence-corrected chi connectivity index (χ1v) is 6.78. The minimum atomic E-state index is -0.674. The van der Waals surface area contributed by atoms with E-state index in [-0.39, 0.29) is 5.69 Å². The molecule has 0 unspecified atom stereocenters. The van der Waals surface area contributed by atoms with Crippen LogP contribution in [0, 0.1) is 25.5 Å². The first kappa shape index (κ1) is 15.2. The summed E-state index contributed by atoms with van der Waals surface area (Å²) in [5.74, 6) is -0.120. The number of rotatable bonds is 4. The van der Waals surface area contributed by atoms with Crippen LogP contribution in [0.2, 0.25) is 0 Å². The van der Waals surface area contributed by atoms with Crippen molar-refractivity contribution in [1.29, 1.82) is 0 Å². The van der Waals surface area contributed by atoms with Gasteiger partial charge in [-0.1, -0.05) is 13.0 Å². The fourth-order valence-electron chi connectivity index (χ4n) is 1.93. The molecule has 2 aromatic rings. The number of halogens is 2. The summed E-state index contributed by atoms with van der Waals surface area (Å²) in [5.41, 5.74) is 6.53. The number of nitrogens with zero attached hydrogens (tertiary/aromatic N) is 2. The van der Waals surface area contributed by atoms with E-state index in [4.69, 9.17) is 5.73 Å². The molecular formula is C15H18F2N4. The van der Waals surface area contributed by atoms with Crippen molar-refractivity contribution in [3.63, 3.8) is 0 Å². The Kier molecular flexibility index (Phi) is 4.35. The Hall–Kier alpha value is -2.24. The highest BCUT2D eigenvalue weighted by Gasteiger charge is 2.15. The van der Waals surface area contributed by atoms with E-state index in [0.717, 1.165) is 6.42 Å². The summed E-state index contributed by atoms with van der Waals surface area (Å²) < 4.78 is 27.9. The van der Waals surface area contributed by atoms with Gasteiger partial charge in [-0.2, -0.15) is 0 Å². The summed E-state index contributed by atoms with van der Waals surface area (Å²) in [5, 5.41) is 2.71. The number of aromatic nitrogens is 2. The van der Waals surface area contributed by atoms with Gasteiger partial charge in [-0.25, -0.2) is 18.7 Å². The number of nitrogen functional groups attached to an aromatic ring is 1. The zero-order valence-electron chi connectivity index (χ0n) is 12.3. The standard InChI is InChI=1S/C15H18F2N4/c1-4-5-11-19-14(18)9(3)15(20-11)21-13-10(16)7-6-8(2)12(13)17/h6-7H,4-5H2,1-3H3,(H3,18,19,20,21). The summed E-state index contributed by atoms with van der Waals surface area (Å²) >= 11 is 0. The van der Waals surface area contributed by atoms with E-state index in [0.29, 0.717) is 35.0 Å². The maximum Gasteiger partial charge on any atom is 0.152 e. The van der Waals surface area contributed by atoms with E-state index >= 15 is 0 Å². The topological polar surface area (TPSA) is 63.8 Å². The van der Waals surface area contributed by atoms with Gasteiger partial charge in [0.25, 0.3) is 0 Å². The van der Waals surface area contributed by atoms with Crippen molar-refractivity contribution >= 4 is 17.3 Å². The molecule has 0 radical (unpaired) electrons. The Balaban J connectivity index is 2.46. The molecule has 1 heterocycles. The Bertz CT molecular complexity index is 671. The minimum Gasteiger partial charge on any atom is -0.383 e. The molecule has 0 saturated carbocycles. The smallest absolute Gasteiger partial charge is 0.152 e. The van der Waals surface area contributed by atoms with Crippen LogP contribution in [0.15, 0.2) is 12.1 Å². The second-order valence-electron chi connectivity index (χ2n) is 4.93. The maximum absolute atomic E-state index is 14.1. The van der Waals surface area contributed by atoms with Gasteiger partial charge in [-0.3, -0.25) is 0 Å². The molecule has 0 aliphatic carbocycles. The number of benzene rings is 1. The van der Waals surface area contributed by atoms with Gasteiger partial charge in [-0.05, 0) is 31.9 Å². The lowest BCUT2D eigenvalue weighted by molar-refractivity contribution is 0.584. The van der Waals surface area contributed by atoms with Crippen LogP contribution in [-0.2, 0) is 6.42 Å². The van der Waals surface area contributed by atoms with Gasteiger partial charge in [-0.15, -0.1) is 0 Å². The van der Waals surface area contributed by atoms with Crippen LogP contribution in [0.5, 0.6) is 0 Å². The lowest BCUT2D eigenvalue weighted by atomic mass is 10.2. The van der Waals surface area contributed by atoms with E-state index in [1.54, 1.807) is 13.8 Å². The molecule has 0 atom stereocenters. The minimum absolute atomic E-state index is 0.223. The van der Waals surface area contributed by atoms with Crippen molar-refractivity contribution in [2.45, 2.75) is 33.6 Å². The van der Waals surface area contributed by atoms with Crippen molar-refractivity contribution in [1.82, 2.24) is 9.97 Å². The van der Waals surface area contributed by atoms with Crippen molar-refractivity contribution in [2.75, 3.05) is 11.1 Å². The number of aryl methyl sites for hydroxylation is 2. The molecule has 1 aromatic carbocycles. The van der Waals surface area contributed by atoms with E-state index in [2.05, 4.69) is 15.3 Å². The zero-order valence-corrected chi connectivity index (χ0v) is 12.3. The lowest BCUT2D eigenvalue weighted by Gasteiger charge is -2.14. The SMILES string of the molecule is CCCc1nc(N)c(C)c(Nc2c(F)ccc(C)c2F)n1. The molecule has 0 saturated heterocycles. The first-order chi connectivity index (χ1) is 9.93. The van der Waals surface area contributed by atoms with Gasteiger partial charge in [0.1, 0.15) is 29.0 Å². The monoisotopic (exact) mass is 292 g/mol. The normalized spacial score (nSPS) is 10.7. The first-order valence-electron chi connectivity index (χ1n) is 6.78. The van der Waals surface area contributed by atoms with Crippen molar-refractivity contribution in [3.8, 4) is 0 Å². The average molecular weight is 292 g/mol. The van der Waals surface area contributed by atoms with Crippen LogP contribution in [-0.4, -0.2) is 9.97 Å². The number of hydrogen-bond acceptors (Lipinski definition) is 4. The molecule has 0 bridgehead atoms. The maximum atomic E-state index is 14.1. The highest BCUT2D eigenvalue weighted by molar-refractivity contribution is 5.65. The molecule has 0 spiro atoms. The number of nitrogens with two attached hydrogens (primary N) is 1. The summed E-state index contributed by atoms with van der Waals surface area (Å²) in [4.78, 5) is 8.46. The highest BCUT2D eigenvalue weighted by atomic mass is 19.1. The quantitative estimate of drug-likeness (QED) is 0.903. The van der Waals surface area contributed by atoms with Crippen LogP contribution in [0.4, 0.5) is 26.1 Å². The predicted octanol–water partition coefficient (Wildman–Crippen LogP) is 3.65. The molecular weight excluding hydrogens is 274 g/mol. The molecule has 4 nitrogen and oxygen atoms in total. The van der Waals surface area contributed by atoms with Crippen LogP contribution in [0.3, 0.4) is 0 Å².